The van der Waals surface area contributed by atoms with Crippen LogP contribution in [-0.4, -0.2) is 0 Å². The number of hydrogen-bond acceptors (Lipinski definition) is 0. The third kappa shape index (κ3) is 3.55. The lowest BCUT2D eigenvalue weighted by Crippen LogP contribution is -2.15. The first-order chi connectivity index (χ1) is 8.15. The van der Waals surface area contributed by atoms with Gasteiger partial charge in [-0.05, 0) is 67.6 Å². The molecular weight excluding hydrogens is 211 g/mol. The zero-order valence-electron chi connectivity index (χ0n) is 11.0. The van der Waals surface area contributed by atoms with Crippen LogP contribution >= 0.6 is 0 Å². The molecule has 1 saturated carbocycles. The second-order valence-electron chi connectivity index (χ2n) is 5.90. The van der Waals surface area contributed by atoms with E-state index in [0.717, 1.165) is 11.8 Å². The van der Waals surface area contributed by atoms with E-state index in [4.69, 9.17) is 0 Å². The lowest BCUT2D eigenvalue weighted by Gasteiger charge is -2.29. The Morgan fingerprint density at radius 1 is 1.06 bits per heavy atom. The molecule has 1 aliphatic rings. The molecule has 0 amide bonds. The van der Waals surface area contributed by atoms with Gasteiger partial charge in [0.25, 0.3) is 0 Å². The summed E-state index contributed by atoms with van der Waals surface area (Å²) in [7, 11) is 0. The minimum atomic E-state index is -0.123. The predicted molar refractivity (Wildman–Crippen MR) is 70.6 cm³/mol. The molecule has 1 aromatic carbocycles. The second kappa shape index (κ2) is 5.66. The molecule has 0 aromatic heterocycles. The fourth-order valence-corrected chi connectivity index (χ4v) is 3.13. The summed E-state index contributed by atoms with van der Waals surface area (Å²) in [6.45, 7) is 4.62. The molecule has 0 aliphatic heterocycles. The average Bonchev–Trinajstić information content (AvgIpc) is 2.30. The maximum atomic E-state index is 12.9. The van der Waals surface area contributed by atoms with E-state index in [2.05, 4.69) is 13.8 Å². The Balaban J connectivity index is 1.88. The third-order valence-electron chi connectivity index (χ3n) is 3.99. The van der Waals surface area contributed by atoms with E-state index in [9.17, 15) is 4.39 Å². The van der Waals surface area contributed by atoms with Crippen LogP contribution < -0.4 is 0 Å². The Kier molecular flexibility index (Phi) is 4.20. The number of rotatable bonds is 3. The molecule has 0 saturated heterocycles. The first kappa shape index (κ1) is 12.6. The molecule has 0 N–H and O–H groups in total. The first-order valence-electron chi connectivity index (χ1n) is 6.90. The van der Waals surface area contributed by atoms with Crippen LogP contribution in [0, 0.1) is 17.7 Å². The Hall–Kier alpha value is -0.850. The van der Waals surface area contributed by atoms with E-state index in [1.165, 1.54) is 37.7 Å². The highest BCUT2D eigenvalue weighted by molar-refractivity contribution is 5.20. The van der Waals surface area contributed by atoms with Gasteiger partial charge in [0.2, 0.25) is 0 Å². The van der Waals surface area contributed by atoms with Crippen molar-refractivity contribution in [1.29, 1.82) is 0 Å². The monoisotopic (exact) mass is 234 g/mol. The highest BCUT2D eigenvalue weighted by Crippen LogP contribution is 2.38. The van der Waals surface area contributed by atoms with Crippen molar-refractivity contribution < 1.29 is 4.39 Å². The SMILES string of the molecule is CC(C)CC1CCC(c2ccc(F)cc2)CC1. The van der Waals surface area contributed by atoms with E-state index in [1.807, 2.05) is 12.1 Å². The van der Waals surface area contributed by atoms with Gasteiger partial charge in [0.1, 0.15) is 5.82 Å². The summed E-state index contributed by atoms with van der Waals surface area (Å²) in [4.78, 5) is 0. The van der Waals surface area contributed by atoms with Crippen LogP contribution in [0.25, 0.3) is 0 Å². The summed E-state index contributed by atoms with van der Waals surface area (Å²) >= 11 is 0. The molecule has 1 fully saturated rings. The van der Waals surface area contributed by atoms with Crippen LogP contribution in [0.1, 0.15) is 57.4 Å². The molecular formula is C16H23F. The molecule has 1 heteroatoms. The van der Waals surface area contributed by atoms with Gasteiger partial charge >= 0.3 is 0 Å². The Morgan fingerprint density at radius 2 is 1.65 bits per heavy atom. The smallest absolute Gasteiger partial charge is 0.123 e. The van der Waals surface area contributed by atoms with Crippen molar-refractivity contribution in [3.63, 3.8) is 0 Å². The van der Waals surface area contributed by atoms with Crippen LogP contribution in [-0.2, 0) is 0 Å². The lowest BCUT2D eigenvalue weighted by atomic mass is 9.76. The predicted octanol–water partition coefficient (Wildman–Crippen LogP) is 5.15. The van der Waals surface area contributed by atoms with Crippen LogP contribution in [0.4, 0.5) is 4.39 Å². The van der Waals surface area contributed by atoms with Crippen molar-refractivity contribution in [2.75, 3.05) is 0 Å². The van der Waals surface area contributed by atoms with Gasteiger partial charge < -0.3 is 0 Å². The van der Waals surface area contributed by atoms with Crippen LogP contribution in [0.2, 0.25) is 0 Å². The topological polar surface area (TPSA) is 0 Å². The van der Waals surface area contributed by atoms with Crippen LogP contribution in [0.5, 0.6) is 0 Å². The van der Waals surface area contributed by atoms with Crippen molar-refractivity contribution in [3.05, 3.63) is 35.6 Å². The molecule has 1 aliphatic carbocycles. The summed E-state index contributed by atoms with van der Waals surface area (Å²) in [6, 6.07) is 7.11. The van der Waals surface area contributed by atoms with Gasteiger partial charge in [0.15, 0.2) is 0 Å². The number of hydrogen-bond donors (Lipinski definition) is 0. The minimum Gasteiger partial charge on any atom is -0.207 e. The van der Waals surface area contributed by atoms with Gasteiger partial charge in [-0.25, -0.2) is 4.39 Å². The minimum absolute atomic E-state index is 0.123. The highest BCUT2D eigenvalue weighted by atomic mass is 19.1. The lowest BCUT2D eigenvalue weighted by molar-refractivity contribution is 0.283. The van der Waals surface area contributed by atoms with Gasteiger partial charge in [0, 0.05) is 0 Å². The van der Waals surface area contributed by atoms with Gasteiger partial charge in [-0.3, -0.25) is 0 Å². The first-order valence-corrected chi connectivity index (χ1v) is 6.90. The molecule has 0 nitrogen and oxygen atoms in total. The van der Waals surface area contributed by atoms with Crippen molar-refractivity contribution in [2.24, 2.45) is 11.8 Å². The second-order valence-corrected chi connectivity index (χ2v) is 5.90. The Bertz CT molecular complexity index is 331. The molecule has 0 spiro atoms. The van der Waals surface area contributed by atoms with Crippen molar-refractivity contribution in [1.82, 2.24) is 0 Å². The average molecular weight is 234 g/mol. The quantitative estimate of drug-likeness (QED) is 0.679. The molecule has 2 rings (SSSR count). The molecule has 0 bridgehead atoms. The van der Waals surface area contributed by atoms with Gasteiger partial charge in [-0.15, -0.1) is 0 Å². The molecule has 0 heterocycles. The van der Waals surface area contributed by atoms with Crippen LogP contribution in [0.3, 0.4) is 0 Å². The Morgan fingerprint density at radius 3 is 2.18 bits per heavy atom. The van der Waals surface area contributed by atoms with E-state index >= 15 is 0 Å². The van der Waals surface area contributed by atoms with E-state index in [0.29, 0.717) is 5.92 Å². The summed E-state index contributed by atoms with van der Waals surface area (Å²) in [5.41, 5.74) is 1.33. The molecule has 0 atom stereocenters. The summed E-state index contributed by atoms with van der Waals surface area (Å²) < 4.78 is 12.9. The maximum Gasteiger partial charge on any atom is 0.123 e. The highest BCUT2D eigenvalue weighted by Gasteiger charge is 2.22. The van der Waals surface area contributed by atoms with E-state index in [1.54, 1.807) is 12.1 Å². The fourth-order valence-electron chi connectivity index (χ4n) is 3.13. The van der Waals surface area contributed by atoms with Gasteiger partial charge in [-0.2, -0.15) is 0 Å². The summed E-state index contributed by atoms with van der Waals surface area (Å²) in [5, 5.41) is 0. The third-order valence-corrected chi connectivity index (χ3v) is 3.99. The van der Waals surface area contributed by atoms with Crippen molar-refractivity contribution >= 4 is 0 Å². The molecule has 94 valence electrons. The van der Waals surface area contributed by atoms with Crippen LogP contribution in [0.15, 0.2) is 24.3 Å². The fraction of sp³-hybridized carbons (Fsp3) is 0.625. The number of halogens is 1. The molecule has 17 heavy (non-hydrogen) atoms. The normalized spacial score (nSPS) is 25.2. The van der Waals surface area contributed by atoms with E-state index < -0.39 is 0 Å². The zero-order valence-corrected chi connectivity index (χ0v) is 11.0. The molecule has 1 aromatic rings. The van der Waals surface area contributed by atoms with Crippen molar-refractivity contribution in [2.45, 2.75) is 51.9 Å². The van der Waals surface area contributed by atoms with Gasteiger partial charge in [-0.1, -0.05) is 26.0 Å². The largest absolute Gasteiger partial charge is 0.207 e. The molecule has 0 unspecified atom stereocenters. The zero-order chi connectivity index (χ0) is 12.3. The number of benzene rings is 1. The standard InChI is InChI=1S/C16H23F/c1-12(2)11-13-3-5-14(6-4-13)15-7-9-16(17)10-8-15/h7-10,12-14H,3-6,11H2,1-2H3. The summed E-state index contributed by atoms with van der Waals surface area (Å²) in [6.07, 6.45) is 6.63. The maximum absolute atomic E-state index is 12.9. The molecule has 0 radical (unpaired) electrons. The van der Waals surface area contributed by atoms with E-state index in [-0.39, 0.29) is 5.82 Å². The summed E-state index contributed by atoms with van der Waals surface area (Å²) in [5.74, 6) is 2.29. The van der Waals surface area contributed by atoms with Gasteiger partial charge in [0.05, 0.1) is 0 Å². The van der Waals surface area contributed by atoms with Crippen molar-refractivity contribution in [3.8, 4) is 0 Å². The Labute approximate surface area is 104 Å².